The molecule has 0 amide bonds. The SMILES string of the molecule is c1ccc(-n2c3ccccc3c3cc(-n4c5ccccc5c5cccc(-c6cc7c(cc6-c6cccc8c6oc6ccccc68)c6ccccc6n7-c6ccccc6)c54)ccc32)cc1. The van der Waals surface area contributed by atoms with Crippen molar-refractivity contribution in [1.82, 2.24) is 13.7 Å². The van der Waals surface area contributed by atoms with Crippen molar-refractivity contribution in [3.05, 3.63) is 224 Å². The molecule has 298 valence electrons. The van der Waals surface area contributed by atoms with Crippen LogP contribution in [0, 0.1) is 0 Å². The van der Waals surface area contributed by atoms with Gasteiger partial charge in [-0.3, -0.25) is 0 Å². The average Bonchev–Trinajstić information content (AvgIpc) is 4.10. The molecule has 4 nitrogen and oxygen atoms in total. The number of para-hydroxylation sites is 8. The summed E-state index contributed by atoms with van der Waals surface area (Å²) in [5, 5.41) is 9.50. The van der Waals surface area contributed by atoms with E-state index in [2.05, 4.69) is 238 Å². The zero-order valence-electron chi connectivity index (χ0n) is 34.6. The van der Waals surface area contributed by atoms with Crippen LogP contribution >= 0.6 is 0 Å². The largest absolute Gasteiger partial charge is 0.455 e. The molecule has 4 aromatic heterocycles. The van der Waals surface area contributed by atoms with Gasteiger partial charge in [-0.2, -0.15) is 0 Å². The average molecular weight is 816 g/mol. The van der Waals surface area contributed by atoms with E-state index in [9.17, 15) is 0 Å². The first kappa shape index (κ1) is 35.0. The second kappa shape index (κ2) is 13.4. The van der Waals surface area contributed by atoms with Gasteiger partial charge in [0, 0.05) is 71.3 Å². The summed E-state index contributed by atoms with van der Waals surface area (Å²) in [6, 6.07) is 81.5. The molecule has 0 aliphatic carbocycles. The molecule has 4 heteroatoms. The van der Waals surface area contributed by atoms with Crippen molar-refractivity contribution < 1.29 is 4.42 Å². The van der Waals surface area contributed by atoms with Gasteiger partial charge in [-0.05, 0) is 90.0 Å². The van der Waals surface area contributed by atoms with Gasteiger partial charge in [0.2, 0.25) is 0 Å². The summed E-state index contributed by atoms with van der Waals surface area (Å²) >= 11 is 0. The van der Waals surface area contributed by atoms with Crippen LogP contribution < -0.4 is 0 Å². The quantitative estimate of drug-likeness (QED) is 0.170. The van der Waals surface area contributed by atoms with E-state index in [1.807, 2.05) is 0 Å². The highest BCUT2D eigenvalue weighted by atomic mass is 16.3. The Balaban J connectivity index is 1.12. The van der Waals surface area contributed by atoms with Gasteiger partial charge in [0.15, 0.2) is 0 Å². The van der Waals surface area contributed by atoms with E-state index < -0.39 is 0 Å². The van der Waals surface area contributed by atoms with Crippen LogP contribution in [0.4, 0.5) is 0 Å². The van der Waals surface area contributed by atoms with Crippen LogP contribution in [0.5, 0.6) is 0 Å². The van der Waals surface area contributed by atoms with Gasteiger partial charge in [-0.15, -0.1) is 0 Å². The number of rotatable bonds is 5. The Hall–Kier alpha value is -8.60. The van der Waals surface area contributed by atoms with Crippen molar-refractivity contribution in [2.24, 2.45) is 0 Å². The molecule has 0 saturated carbocycles. The Bertz CT molecular complexity index is 4180. The van der Waals surface area contributed by atoms with Gasteiger partial charge in [0.1, 0.15) is 11.2 Å². The number of hydrogen-bond donors (Lipinski definition) is 0. The van der Waals surface area contributed by atoms with Gasteiger partial charge in [-0.1, -0.05) is 146 Å². The summed E-state index contributed by atoms with van der Waals surface area (Å²) in [6.45, 7) is 0. The first-order valence-electron chi connectivity index (χ1n) is 21.9. The molecule has 4 heterocycles. The predicted molar refractivity (Wildman–Crippen MR) is 268 cm³/mol. The molecule has 0 atom stereocenters. The Labute approximate surface area is 367 Å². The molecule has 0 bridgehead atoms. The topological polar surface area (TPSA) is 27.9 Å². The number of nitrogens with zero attached hydrogens (tertiary/aromatic N) is 3. The van der Waals surface area contributed by atoms with Gasteiger partial charge in [-0.25, -0.2) is 0 Å². The molecule has 0 spiro atoms. The maximum absolute atomic E-state index is 6.83. The third kappa shape index (κ3) is 4.93. The van der Waals surface area contributed by atoms with Crippen molar-refractivity contribution in [3.63, 3.8) is 0 Å². The van der Waals surface area contributed by atoms with Crippen LogP contribution in [0.1, 0.15) is 0 Å². The van der Waals surface area contributed by atoms with E-state index in [1.54, 1.807) is 0 Å². The van der Waals surface area contributed by atoms with Crippen LogP contribution in [0.3, 0.4) is 0 Å². The van der Waals surface area contributed by atoms with Gasteiger partial charge in [0.25, 0.3) is 0 Å². The molecule has 0 radical (unpaired) electrons. The molecule has 0 aliphatic heterocycles. The van der Waals surface area contributed by atoms with Crippen LogP contribution in [-0.2, 0) is 0 Å². The maximum Gasteiger partial charge on any atom is 0.143 e. The fourth-order valence-corrected chi connectivity index (χ4v) is 10.7. The molecule has 64 heavy (non-hydrogen) atoms. The lowest BCUT2D eigenvalue weighted by Crippen LogP contribution is -1.98. The minimum atomic E-state index is 0.888. The summed E-state index contributed by atoms with van der Waals surface area (Å²) in [5.74, 6) is 0. The van der Waals surface area contributed by atoms with E-state index in [0.717, 1.165) is 77.8 Å². The summed E-state index contributed by atoms with van der Waals surface area (Å²) in [6.07, 6.45) is 0. The van der Waals surface area contributed by atoms with Gasteiger partial charge >= 0.3 is 0 Å². The predicted octanol–water partition coefficient (Wildman–Crippen LogP) is 16.2. The van der Waals surface area contributed by atoms with E-state index in [4.69, 9.17) is 4.42 Å². The highest BCUT2D eigenvalue weighted by Gasteiger charge is 2.24. The lowest BCUT2D eigenvalue weighted by atomic mass is 9.90. The lowest BCUT2D eigenvalue weighted by molar-refractivity contribution is 0.670. The smallest absolute Gasteiger partial charge is 0.143 e. The third-order valence-corrected chi connectivity index (χ3v) is 13.4. The Morgan fingerprint density at radius 2 is 0.734 bits per heavy atom. The van der Waals surface area contributed by atoms with E-state index >= 15 is 0 Å². The van der Waals surface area contributed by atoms with E-state index in [0.29, 0.717) is 0 Å². The molecule has 10 aromatic carbocycles. The van der Waals surface area contributed by atoms with E-state index in [-0.39, 0.29) is 0 Å². The number of fused-ring (bicyclic) bond motifs is 12. The number of aromatic nitrogens is 3. The van der Waals surface area contributed by atoms with E-state index in [1.165, 1.54) is 48.9 Å². The van der Waals surface area contributed by atoms with Crippen molar-refractivity contribution in [3.8, 4) is 39.3 Å². The standard InChI is InChI=1S/C60H37N3O/c1-3-17-38(18-4-1)61-53-29-11-8-22-42(53)51-35-40(33-34-56(51)61)63-55-31-13-7-21-41(55)45-25-15-26-46(59(45)63)50-37-57-52(43-23-9-12-30-54(43)62(57)39-19-5-2-6-20-39)36-49(50)48-28-16-27-47-44-24-10-14-32-58(44)64-60(47)48/h1-37H. The lowest BCUT2D eigenvalue weighted by Gasteiger charge is -2.17. The molecular weight excluding hydrogens is 779 g/mol. The van der Waals surface area contributed by atoms with Crippen molar-refractivity contribution in [2.45, 2.75) is 0 Å². The maximum atomic E-state index is 6.83. The monoisotopic (exact) mass is 815 g/mol. The zero-order chi connectivity index (χ0) is 41.9. The minimum Gasteiger partial charge on any atom is -0.455 e. The summed E-state index contributed by atoms with van der Waals surface area (Å²) < 4.78 is 14.1. The normalized spacial score (nSPS) is 12.1. The number of furan rings is 1. The van der Waals surface area contributed by atoms with Crippen molar-refractivity contribution in [2.75, 3.05) is 0 Å². The van der Waals surface area contributed by atoms with Crippen LogP contribution in [0.15, 0.2) is 229 Å². The Kier molecular flexibility index (Phi) is 7.36. The second-order valence-corrected chi connectivity index (χ2v) is 16.8. The second-order valence-electron chi connectivity index (χ2n) is 16.8. The highest BCUT2D eigenvalue weighted by molar-refractivity contribution is 6.20. The van der Waals surface area contributed by atoms with Crippen molar-refractivity contribution >= 4 is 87.4 Å². The number of hydrogen-bond acceptors (Lipinski definition) is 1. The molecule has 0 unspecified atom stereocenters. The van der Waals surface area contributed by atoms with Crippen LogP contribution in [-0.4, -0.2) is 13.7 Å². The highest BCUT2D eigenvalue weighted by Crippen LogP contribution is 2.47. The third-order valence-electron chi connectivity index (χ3n) is 13.4. The first-order valence-corrected chi connectivity index (χ1v) is 21.9. The van der Waals surface area contributed by atoms with Crippen LogP contribution in [0.2, 0.25) is 0 Å². The molecule has 0 N–H and O–H groups in total. The summed E-state index contributed by atoms with van der Waals surface area (Å²) in [4.78, 5) is 0. The van der Waals surface area contributed by atoms with Crippen LogP contribution in [0.25, 0.3) is 127 Å². The number of benzene rings is 10. The van der Waals surface area contributed by atoms with Gasteiger partial charge < -0.3 is 18.1 Å². The molecule has 14 rings (SSSR count). The molecule has 14 aromatic rings. The first-order chi connectivity index (χ1) is 31.8. The fraction of sp³-hybridized carbons (Fsp3) is 0. The fourth-order valence-electron chi connectivity index (χ4n) is 10.7. The molecule has 0 aliphatic rings. The summed E-state index contributed by atoms with van der Waals surface area (Å²) in [5.41, 5.74) is 16.7. The zero-order valence-corrected chi connectivity index (χ0v) is 34.6. The Morgan fingerprint density at radius 3 is 1.42 bits per heavy atom. The molecule has 0 saturated heterocycles. The Morgan fingerprint density at radius 1 is 0.250 bits per heavy atom. The van der Waals surface area contributed by atoms with Gasteiger partial charge in [0.05, 0.1) is 33.1 Å². The molecule has 0 fully saturated rings. The van der Waals surface area contributed by atoms with Crippen molar-refractivity contribution in [1.29, 1.82) is 0 Å². The minimum absolute atomic E-state index is 0.888. The molecular formula is C60H37N3O. The summed E-state index contributed by atoms with van der Waals surface area (Å²) in [7, 11) is 0.